The van der Waals surface area contributed by atoms with Gasteiger partial charge in [0.2, 0.25) is 6.23 Å². The first-order valence-electron chi connectivity index (χ1n) is 11.8. The fourth-order valence-corrected chi connectivity index (χ4v) is 4.75. The Bertz CT molecular complexity index is 1350. The van der Waals surface area contributed by atoms with Crippen molar-refractivity contribution in [2.75, 3.05) is 7.11 Å². The number of hydrogen-bond donors (Lipinski definition) is 0. The highest BCUT2D eigenvalue weighted by Gasteiger charge is 2.41. The summed E-state index contributed by atoms with van der Waals surface area (Å²) in [5, 5.41) is 7.13. The number of ether oxygens (including phenoxy) is 3. The third kappa shape index (κ3) is 4.10. The molecule has 4 aromatic carbocycles. The Hall–Kier alpha value is -4.25. The molecule has 2 unspecified atom stereocenters. The van der Waals surface area contributed by atoms with Crippen molar-refractivity contribution in [2.45, 2.75) is 25.3 Å². The summed E-state index contributed by atoms with van der Waals surface area (Å²) >= 11 is 0. The smallest absolute Gasteiger partial charge is 0.214 e. The first-order chi connectivity index (χ1) is 17.3. The van der Waals surface area contributed by atoms with Crippen molar-refractivity contribution < 1.29 is 14.2 Å². The van der Waals surface area contributed by atoms with Gasteiger partial charge in [0.05, 0.1) is 18.9 Å². The van der Waals surface area contributed by atoms with Crippen molar-refractivity contribution in [2.24, 2.45) is 5.10 Å². The van der Waals surface area contributed by atoms with Gasteiger partial charge in [0.15, 0.2) is 11.5 Å². The summed E-state index contributed by atoms with van der Waals surface area (Å²) in [5.74, 6) is 2.26. The molecule has 5 nitrogen and oxygen atoms in total. The van der Waals surface area contributed by atoms with E-state index in [1.54, 1.807) is 7.11 Å². The minimum Gasteiger partial charge on any atom is -0.493 e. The molecule has 5 heteroatoms. The number of methoxy groups -OCH3 is 1. The summed E-state index contributed by atoms with van der Waals surface area (Å²) in [6.07, 6.45) is 0.462. The van der Waals surface area contributed by atoms with Gasteiger partial charge in [-0.2, -0.15) is 5.10 Å². The Morgan fingerprint density at radius 3 is 2.40 bits per heavy atom. The van der Waals surface area contributed by atoms with Crippen molar-refractivity contribution in [1.29, 1.82) is 0 Å². The summed E-state index contributed by atoms with van der Waals surface area (Å²) in [7, 11) is 1.66. The van der Waals surface area contributed by atoms with Gasteiger partial charge in [-0.25, -0.2) is 5.01 Å². The predicted octanol–water partition coefficient (Wildman–Crippen LogP) is 6.52. The molecule has 2 atom stereocenters. The predicted molar refractivity (Wildman–Crippen MR) is 136 cm³/mol. The van der Waals surface area contributed by atoms with E-state index in [1.165, 1.54) is 0 Å². The van der Waals surface area contributed by atoms with Crippen LogP contribution in [0.1, 0.15) is 40.9 Å². The maximum absolute atomic E-state index is 6.51. The van der Waals surface area contributed by atoms with Gasteiger partial charge < -0.3 is 14.2 Å². The maximum Gasteiger partial charge on any atom is 0.214 e. The molecule has 0 aliphatic carbocycles. The average Bonchev–Trinajstić information content (AvgIpc) is 3.38. The molecule has 6 rings (SSSR count). The zero-order valence-electron chi connectivity index (χ0n) is 19.5. The fourth-order valence-electron chi connectivity index (χ4n) is 4.75. The molecule has 35 heavy (non-hydrogen) atoms. The van der Waals surface area contributed by atoms with Crippen molar-refractivity contribution in [3.63, 3.8) is 0 Å². The maximum atomic E-state index is 6.51. The summed E-state index contributed by atoms with van der Waals surface area (Å²) in [6.45, 7) is 0.475. The molecule has 2 aliphatic rings. The molecule has 0 bridgehead atoms. The van der Waals surface area contributed by atoms with Crippen LogP contribution in [-0.4, -0.2) is 17.8 Å². The van der Waals surface area contributed by atoms with Crippen molar-refractivity contribution in [1.82, 2.24) is 5.01 Å². The van der Waals surface area contributed by atoms with Gasteiger partial charge in [-0.3, -0.25) is 0 Å². The van der Waals surface area contributed by atoms with Crippen LogP contribution in [0.15, 0.2) is 108 Å². The molecule has 0 spiro atoms. The summed E-state index contributed by atoms with van der Waals surface area (Å²) in [5.41, 5.74) is 5.43. The Morgan fingerprint density at radius 2 is 1.60 bits per heavy atom. The summed E-state index contributed by atoms with van der Waals surface area (Å²) in [6, 6.07) is 34.8. The van der Waals surface area contributed by atoms with E-state index in [-0.39, 0.29) is 12.3 Å². The third-order valence-corrected chi connectivity index (χ3v) is 6.52. The minimum absolute atomic E-state index is 0.111. The number of nitrogens with zero attached hydrogens (tertiary/aromatic N) is 2. The van der Waals surface area contributed by atoms with Crippen molar-refractivity contribution in [3.8, 4) is 17.2 Å². The summed E-state index contributed by atoms with van der Waals surface area (Å²) < 4.78 is 18.3. The highest BCUT2D eigenvalue weighted by molar-refractivity contribution is 6.01. The minimum atomic E-state index is -0.367. The normalized spacial score (nSPS) is 18.2. The molecule has 2 aliphatic heterocycles. The van der Waals surface area contributed by atoms with Crippen LogP contribution in [0.4, 0.5) is 0 Å². The highest BCUT2D eigenvalue weighted by atomic mass is 16.5. The van der Waals surface area contributed by atoms with E-state index in [9.17, 15) is 0 Å². The molecular formula is C30H26N2O3. The van der Waals surface area contributed by atoms with Gasteiger partial charge >= 0.3 is 0 Å². The van der Waals surface area contributed by atoms with Gasteiger partial charge in [-0.1, -0.05) is 78.9 Å². The highest BCUT2D eigenvalue weighted by Crippen LogP contribution is 2.48. The Kier molecular flexibility index (Phi) is 5.59. The quantitative estimate of drug-likeness (QED) is 0.327. The Labute approximate surface area is 205 Å². The molecule has 0 saturated heterocycles. The van der Waals surface area contributed by atoms with Gasteiger partial charge in [0, 0.05) is 17.5 Å². The fraction of sp³-hybridized carbons (Fsp3) is 0.167. The van der Waals surface area contributed by atoms with Crippen LogP contribution < -0.4 is 14.2 Å². The number of fused-ring (bicyclic) bond motifs is 3. The number of benzene rings is 4. The number of rotatable bonds is 6. The lowest BCUT2D eigenvalue weighted by molar-refractivity contribution is -0.0191. The Morgan fingerprint density at radius 1 is 0.857 bits per heavy atom. The molecule has 0 radical (unpaired) electrons. The van der Waals surface area contributed by atoms with Crippen LogP contribution in [0.3, 0.4) is 0 Å². The molecule has 0 fully saturated rings. The lowest BCUT2D eigenvalue weighted by Gasteiger charge is -2.38. The Balaban J connectivity index is 1.33. The molecular weight excluding hydrogens is 436 g/mol. The molecule has 2 heterocycles. The number of hydrogen-bond acceptors (Lipinski definition) is 5. The number of para-hydroxylation sites is 1. The molecule has 0 aromatic heterocycles. The van der Waals surface area contributed by atoms with E-state index in [0.717, 1.165) is 40.1 Å². The first-order valence-corrected chi connectivity index (χ1v) is 11.8. The first kappa shape index (κ1) is 21.3. The van der Waals surface area contributed by atoms with E-state index in [2.05, 4.69) is 41.4 Å². The topological polar surface area (TPSA) is 43.3 Å². The standard InChI is InChI=1S/C30H26N2O3/c1-33-29-18-23(16-17-28(29)34-20-21-10-4-2-5-11-21)30-32-26(24-14-8-9-15-27(24)35-30)19-25(31-32)22-12-6-3-7-13-22/h2-18,26,30H,19-20H2,1H3. The van der Waals surface area contributed by atoms with E-state index >= 15 is 0 Å². The zero-order valence-corrected chi connectivity index (χ0v) is 19.5. The van der Waals surface area contributed by atoms with Gasteiger partial charge in [0.25, 0.3) is 0 Å². The molecule has 0 amide bonds. The van der Waals surface area contributed by atoms with Crippen LogP contribution >= 0.6 is 0 Å². The molecule has 174 valence electrons. The lowest BCUT2D eigenvalue weighted by atomic mass is 9.96. The van der Waals surface area contributed by atoms with Crippen LogP contribution in [0, 0.1) is 0 Å². The third-order valence-electron chi connectivity index (χ3n) is 6.52. The van der Waals surface area contributed by atoms with Gasteiger partial charge in [-0.05, 0) is 35.4 Å². The van der Waals surface area contributed by atoms with E-state index in [4.69, 9.17) is 19.3 Å². The molecule has 0 N–H and O–H groups in total. The summed E-state index contributed by atoms with van der Waals surface area (Å²) in [4.78, 5) is 0. The van der Waals surface area contributed by atoms with Crippen LogP contribution in [0.5, 0.6) is 17.2 Å². The van der Waals surface area contributed by atoms with Gasteiger partial charge in [-0.15, -0.1) is 0 Å². The largest absolute Gasteiger partial charge is 0.493 e. The van der Waals surface area contributed by atoms with Crippen LogP contribution in [0.2, 0.25) is 0 Å². The number of hydrazone groups is 1. The SMILES string of the molecule is COc1cc(C2Oc3ccccc3C3CC(c4ccccc4)=NN32)ccc1OCc1ccccc1. The van der Waals surface area contributed by atoms with Crippen LogP contribution in [-0.2, 0) is 6.61 Å². The average molecular weight is 463 g/mol. The van der Waals surface area contributed by atoms with Crippen molar-refractivity contribution in [3.05, 3.63) is 125 Å². The van der Waals surface area contributed by atoms with Gasteiger partial charge in [0.1, 0.15) is 12.4 Å². The second-order valence-corrected chi connectivity index (χ2v) is 8.71. The van der Waals surface area contributed by atoms with Crippen LogP contribution in [0.25, 0.3) is 0 Å². The monoisotopic (exact) mass is 462 g/mol. The van der Waals surface area contributed by atoms with E-state index in [1.807, 2.05) is 66.7 Å². The molecule has 0 saturated carbocycles. The molecule has 4 aromatic rings. The van der Waals surface area contributed by atoms with Crippen molar-refractivity contribution >= 4 is 5.71 Å². The zero-order chi connectivity index (χ0) is 23.6. The lowest BCUT2D eigenvalue weighted by Crippen LogP contribution is -2.33. The second-order valence-electron chi connectivity index (χ2n) is 8.71. The van der Waals surface area contributed by atoms with E-state index in [0.29, 0.717) is 18.1 Å². The second kappa shape index (κ2) is 9.18. The van der Waals surface area contributed by atoms with E-state index < -0.39 is 0 Å².